The molecule has 0 aliphatic heterocycles. The lowest BCUT2D eigenvalue weighted by Crippen LogP contribution is -2.30. The minimum absolute atomic E-state index is 0.165. The van der Waals surface area contributed by atoms with Crippen molar-refractivity contribution in [2.45, 2.75) is 38.7 Å². The Kier molecular flexibility index (Phi) is 4.60. The number of benzene rings is 2. The fraction of sp³-hybridized carbons (Fsp3) is 0.316. The molecule has 23 heavy (non-hydrogen) atoms. The first-order valence-corrected chi connectivity index (χ1v) is 7.97. The SMILES string of the molecule is C[C@@H](Oc1ccc2c(c1)CCCC2)C(=O)Nc1ccccc1F. The van der Waals surface area contributed by atoms with Gasteiger partial charge in [-0.2, -0.15) is 0 Å². The van der Waals surface area contributed by atoms with Crippen LogP contribution < -0.4 is 10.1 Å². The van der Waals surface area contributed by atoms with E-state index >= 15 is 0 Å². The number of halogens is 1. The van der Waals surface area contributed by atoms with Crippen LogP contribution in [-0.4, -0.2) is 12.0 Å². The number of amides is 1. The van der Waals surface area contributed by atoms with E-state index in [9.17, 15) is 9.18 Å². The molecule has 2 aromatic rings. The van der Waals surface area contributed by atoms with E-state index in [0.717, 1.165) is 12.8 Å². The molecule has 120 valence electrons. The van der Waals surface area contributed by atoms with Gasteiger partial charge in [0.1, 0.15) is 11.6 Å². The number of carbonyl (C=O) groups excluding carboxylic acids is 1. The van der Waals surface area contributed by atoms with E-state index in [-0.39, 0.29) is 11.6 Å². The second-order valence-corrected chi connectivity index (χ2v) is 5.87. The van der Waals surface area contributed by atoms with Crippen LogP contribution in [0.3, 0.4) is 0 Å². The molecule has 1 N–H and O–H groups in total. The normalized spacial score (nSPS) is 14.7. The van der Waals surface area contributed by atoms with Gasteiger partial charge < -0.3 is 10.1 Å². The smallest absolute Gasteiger partial charge is 0.265 e. The van der Waals surface area contributed by atoms with Crippen molar-refractivity contribution in [2.75, 3.05) is 5.32 Å². The fourth-order valence-corrected chi connectivity index (χ4v) is 2.84. The zero-order valence-corrected chi connectivity index (χ0v) is 13.1. The van der Waals surface area contributed by atoms with Gasteiger partial charge >= 0.3 is 0 Å². The average Bonchev–Trinajstić information content (AvgIpc) is 2.56. The molecule has 3 rings (SSSR count). The maximum Gasteiger partial charge on any atom is 0.265 e. The summed E-state index contributed by atoms with van der Waals surface area (Å²) in [7, 11) is 0. The van der Waals surface area contributed by atoms with E-state index < -0.39 is 11.9 Å². The molecule has 3 nitrogen and oxygen atoms in total. The van der Waals surface area contributed by atoms with Crippen molar-refractivity contribution >= 4 is 11.6 Å². The van der Waals surface area contributed by atoms with Gasteiger partial charge in [-0.25, -0.2) is 4.39 Å². The minimum atomic E-state index is -0.698. The molecule has 1 amide bonds. The van der Waals surface area contributed by atoms with Gasteiger partial charge in [0.2, 0.25) is 0 Å². The summed E-state index contributed by atoms with van der Waals surface area (Å²) < 4.78 is 19.3. The summed E-state index contributed by atoms with van der Waals surface area (Å²) in [5.41, 5.74) is 2.83. The van der Waals surface area contributed by atoms with Gasteiger partial charge in [0.05, 0.1) is 5.69 Å². The molecule has 1 aliphatic carbocycles. The Morgan fingerprint density at radius 1 is 1.13 bits per heavy atom. The number of ether oxygens (including phenoxy) is 1. The van der Waals surface area contributed by atoms with Crippen LogP contribution in [-0.2, 0) is 17.6 Å². The number of anilines is 1. The van der Waals surface area contributed by atoms with Gasteiger partial charge in [0, 0.05) is 0 Å². The van der Waals surface area contributed by atoms with Crippen molar-refractivity contribution < 1.29 is 13.9 Å². The van der Waals surface area contributed by atoms with Crippen LogP contribution in [0.4, 0.5) is 10.1 Å². The van der Waals surface area contributed by atoms with Crippen LogP contribution in [0.5, 0.6) is 5.75 Å². The highest BCUT2D eigenvalue weighted by molar-refractivity contribution is 5.94. The van der Waals surface area contributed by atoms with Crippen molar-refractivity contribution in [2.24, 2.45) is 0 Å². The molecule has 4 heteroatoms. The van der Waals surface area contributed by atoms with Crippen LogP contribution in [0.25, 0.3) is 0 Å². The molecule has 0 spiro atoms. The molecule has 1 aliphatic rings. The zero-order chi connectivity index (χ0) is 16.2. The van der Waals surface area contributed by atoms with Crippen LogP contribution in [0, 0.1) is 5.82 Å². The van der Waals surface area contributed by atoms with Gasteiger partial charge in [0.15, 0.2) is 6.10 Å². The van der Waals surface area contributed by atoms with Crippen molar-refractivity contribution in [1.82, 2.24) is 0 Å². The number of para-hydroxylation sites is 1. The first-order valence-electron chi connectivity index (χ1n) is 7.97. The quantitative estimate of drug-likeness (QED) is 0.922. The lowest BCUT2D eigenvalue weighted by Gasteiger charge is -2.19. The number of hydrogen-bond donors (Lipinski definition) is 1. The number of rotatable bonds is 4. The highest BCUT2D eigenvalue weighted by atomic mass is 19.1. The molecule has 0 aromatic heterocycles. The molecule has 0 bridgehead atoms. The first kappa shape index (κ1) is 15.5. The Hall–Kier alpha value is -2.36. The van der Waals surface area contributed by atoms with Gasteiger partial charge in [-0.3, -0.25) is 4.79 Å². The Balaban J connectivity index is 1.65. The largest absolute Gasteiger partial charge is 0.481 e. The lowest BCUT2D eigenvalue weighted by molar-refractivity contribution is -0.122. The number of hydrogen-bond acceptors (Lipinski definition) is 2. The molecule has 0 heterocycles. The predicted octanol–water partition coefficient (Wildman–Crippen LogP) is 4.11. The van der Waals surface area contributed by atoms with E-state index in [1.54, 1.807) is 19.1 Å². The van der Waals surface area contributed by atoms with Crippen LogP contribution in [0.1, 0.15) is 30.9 Å². The third-order valence-corrected chi connectivity index (χ3v) is 4.13. The minimum Gasteiger partial charge on any atom is -0.481 e. The van der Waals surface area contributed by atoms with Crippen molar-refractivity contribution in [3.8, 4) is 5.75 Å². The molecular weight excluding hydrogens is 293 g/mol. The van der Waals surface area contributed by atoms with Gasteiger partial charge in [-0.05, 0) is 68.0 Å². The van der Waals surface area contributed by atoms with Crippen LogP contribution >= 0.6 is 0 Å². The Bertz CT molecular complexity index is 714. The van der Waals surface area contributed by atoms with Gasteiger partial charge in [0.25, 0.3) is 5.91 Å². The second kappa shape index (κ2) is 6.82. The summed E-state index contributed by atoms with van der Waals surface area (Å²) in [4.78, 5) is 12.2. The van der Waals surface area contributed by atoms with Crippen LogP contribution in [0.2, 0.25) is 0 Å². The van der Waals surface area contributed by atoms with E-state index in [0.29, 0.717) is 5.75 Å². The molecule has 0 radical (unpaired) electrons. The predicted molar refractivity (Wildman–Crippen MR) is 88.2 cm³/mol. The first-order chi connectivity index (χ1) is 11.1. The van der Waals surface area contributed by atoms with E-state index in [1.165, 1.54) is 36.1 Å². The van der Waals surface area contributed by atoms with Gasteiger partial charge in [-0.1, -0.05) is 18.2 Å². The number of nitrogens with one attached hydrogen (secondary N) is 1. The molecule has 0 saturated heterocycles. The molecule has 2 aromatic carbocycles. The summed E-state index contributed by atoms with van der Waals surface area (Å²) in [6, 6.07) is 12.1. The summed E-state index contributed by atoms with van der Waals surface area (Å²) >= 11 is 0. The molecule has 1 atom stereocenters. The standard InChI is InChI=1S/C19H20FNO2/c1-13(19(22)21-18-9-5-4-8-17(18)20)23-16-11-10-14-6-2-3-7-15(14)12-16/h4-5,8-13H,2-3,6-7H2,1H3,(H,21,22)/t13-/m1/s1. The maximum absolute atomic E-state index is 13.6. The highest BCUT2D eigenvalue weighted by Gasteiger charge is 2.17. The lowest BCUT2D eigenvalue weighted by atomic mass is 9.92. The monoisotopic (exact) mass is 313 g/mol. The number of fused-ring (bicyclic) bond motifs is 1. The van der Waals surface area contributed by atoms with Crippen LogP contribution in [0.15, 0.2) is 42.5 Å². The summed E-state index contributed by atoms with van der Waals surface area (Å²) in [6.07, 6.45) is 3.90. The van der Waals surface area contributed by atoms with E-state index in [2.05, 4.69) is 11.4 Å². The third-order valence-electron chi connectivity index (χ3n) is 4.13. The maximum atomic E-state index is 13.6. The van der Waals surface area contributed by atoms with Crippen molar-refractivity contribution in [3.63, 3.8) is 0 Å². The van der Waals surface area contributed by atoms with Gasteiger partial charge in [-0.15, -0.1) is 0 Å². The van der Waals surface area contributed by atoms with Crippen molar-refractivity contribution in [1.29, 1.82) is 0 Å². The fourth-order valence-electron chi connectivity index (χ4n) is 2.84. The topological polar surface area (TPSA) is 38.3 Å². The zero-order valence-electron chi connectivity index (χ0n) is 13.1. The van der Waals surface area contributed by atoms with E-state index in [4.69, 9.17) is 4.74 Å². The summed E-state index contributed by atoms with van der Waals surface area (Å²) in [6.45, 7) is 1.66. The molecule has 0 unspecified atom stereocenters. The highest BCUT2D eigenvalue weighted by Crippen LogP contribution is 2.26. The van der Waals surface area contributed by atoms with Crippen molar-refractivity contribution in [3.05, 3.63) is 59.4 Å². The number of carbonyl (C=O) groups is 1. The Morgan fingerprint density at radius 3 is 2.65 bits per heavy atom. The number of aryl methyl sites for hydroxylation is 2. The third kappa shape index (κ3) is 3.70. The second-order valence-electron chi connectivity index (χ2n) is 5.87. The summed E-state index contributed by atoms with van der Waals surface area (Å²) in [5.74, 6) is -0.142. The molecular formula is C19H20FNO2. The molecule has 0 saturated carbocycles. The van der Waals surface area contributed by atoms with E-state index in [1.807, 2.05) is 12.1 Å². The Labute approximate surface area is 135 Å². The molecule has 0 fully saturated rings. The average molecular weight is 313 g/mol. The summed E-state index contributed by atoms with van der Waals surface area (Å²) in [5, 5.41) is 2.55. The Morgan fingerprint density at radius 2 is 1.87 bits per heavy atom.